The van der Waals surface area contributed by atoms with E-state index in [1.165, 1.54) is 37.7 Å². The second kappa shape index (κ2) is 44.5. The van der Waals surface area contributed by atoms with Crippen LogP contribution in [0.3, 0.4) is 0 Å². The van der Waals surface area contributed by atoms with Crippen molar-refractivity contribution < 1.29 is 102 Å². The third kappa shape index (κ3) is 42.2. The number of aliphatic hydroxyl groups is 5. The van der Waals surface area contributed by atoms with Gasteiger partial charge in [-0.25, -0.2) is 0 Å². The van der Waals surface area contributed by atoms with Crippen LogP contribution in [0, 0.1) is 34.5 Å². The van der Waals surface area contributed by atoms with Crippen LogP contribution >= 0.6 is 23.5 Å². The number of esters is 8. The van der Waals surface area contributed by atoms with Crippen LogP contribution in [-0.2, 0) is 76.3 Å². The van der Waals surface area contributed by atoms with Crippen LogP contribution in [-0.4, -0.2) is 181 Å². The van der Waals surface area contributed by atoms with Gasteiger partial charge in [-0.05, 0) is 60.3 Å². The minimum absolute atomic E-state index is 0.0613. The SMILES string of the molecule is CCC(C)C(=O)OCC(C)O.CCC(C)C(=O)OCC(O)CO.CCC(C)C(=O)OCC(O)COC(=O)CCSCC(C)(C)C(=O)OC.CCC(C)C(=O)OCC(O)COC(=O)CCSCC(C)(C)C(=O)OC. The molecule has 5 N–H and O–H groups in total. The third-order valence-corrected chi connectivity index (χ3v) is 13.0. The molecule has 0 radical (unpaired) electrons. The van der Waals surface area contributed by atoms with E-state index in [-0.39, 0.29) is 119 Å². The molecule has 0 rings (SSSR count). The lowest BCUT2D eigenvalue weighted by atomic mass is 9.97. The minimum atomic E-state index is -1.04. The van der Waals surface area contributed by atoms with Gasteiger partial charge in [0, 0.05) is 23.0 Å². The molecule has 73 heavy (non-hydrogen) atoms. The van der Waals surface area contributed by atoms with Crippen molar-refractivity contribution in [3.63, 3.8) is 0 Å². The predicted octanol–water partition coefficient (Wildman–Crippen LogP) is 4.49. The Bertz CT molecular complexity index is 1460. The van der Waals surface area contributed by atoms with Crippen molar-refractivity contribution in [3.05, 3.63) is 0 Å². The number of carbonyl (C=O) groups is 8. The third-order valence-electron chi connectivity index (χ3n) is 10.2. The monoisotopic (exact) mass is 1090 g/mol. The zero-order valence-electron chi connectivity index (χ0n) is 46.2. The van der Waals surface area contributed by atoms with Gasteiger partial charge in [0.2, 0.25) is 0 Å². The Morgan fingerprint density at radius 2 is 0.699 bits per heavy atom. The quantitative estimate of drug-likeness (QED) is 0.0343. The van der Waals surface area contributed by atoms with Gasteiger partial charge in [0.15, 0.2) is 0 Å². The smallest absolute Gasteiger partial charge is 0.312 e. The summed E-state index contributed by atoms with van der Waals surface area (Å²) in [7, 11) is 2.69. The number of methoxy groups -OCH3 is 2. The number of carbonyl (C=O) groups excluding carboxylic acids is 8. The molecule has 0 heterocycles. The van der Waals surface area contributed by atoms with E-state index in [0.29, 0.717) is 42.3 Å². The first-order chi connectivity index (χ1) is 34.0. The zero-order chi connectivity index (χ0) is 57.3. The summed E-state index contributed by atoms with van der Waals surface area (Å²) in [4.78, 5) is 91.1. The second-order valence-electron chi connectivity index (χ2n) is 18.5. The lowest BCUT2D eigenvalue weighted by Crippen LogP contribution is -2.28. The van der Waals surface area contributed by atoms with Crippen LogP contribution in [0.5, 0.6) is 0 Å². The summed E-state index contributed by atoms with van der Waals surface area (Å²) >= 11 is 2.91. The lowest BCUT2D eigenvalue weighted by Gasteiger charge is -2.20. The van der Waals surface area contributed by atoms with Crippen LogP contribution in [0.1, 0.15) is 129 Å². The standard InChI is InChI=1S/2C17H30O7S.C8H16O4.C8H16O3/c2*1-6-12(2)15(20)24-10-13(18)9-23-14(19)7-8-25-11-17(3,4)16(21)22-5;1-3-6(2)8(11)12-5-7(10)4-9;1-4-6(2)8(10)11-5-7(3)9/h2*12-13,18H,6-11H2,1-5H3;6-7,9-10H,3-5H2,1-2H3;6-7,9H,4-5H2,1-3H3. The Morgan fingerprint density at radius 3 is 0.945 bits per heavy atom. The molecule has 0 aliphatic rings. The Balaban J connectivity index is -0.000000463. The van der Waals surface area contributed by atoms with Crippen molar-refractivity contribution in [2.24, 2.45) is 34.5 Å². The van der Waals surface area contributed by atoms with E-state index in [9.17, 15) is 48.6 Å². The van der Waals surface area contributed by atoms with Gasteiger partial charge in [0.1, 0.15) is 58.0 Å². The predicted molar refractivity (Wildman–Crippen MR) is 276 cm³/mol. The van der Waals surface area contributed by atoms with E-state index in [1.807, 2.05) is 34.6 Å². The van der Waals surface area contributed by atoms with Gasteiger partial charge in [0.05, 0.1) is 74.3 Å². The molecule has 0 aliphatic heterocycles. The zero-order valence-corrected chi connectivity index (χ0v) is 47.9. The fraction of sp³-hybridized carbons (Fsp3) is 0.840. The molecule has 0 spiro atoms. The maximum Gasteiger partial charge on any atom is 0.312 e. The molecule has 0 saturated carbocycles. The average Bonchev–Trinajstić information content (AvgIpc) is 3.37. The summed E-state index contributed by atoms with van der Waals surface area (Å²) < 4.78 is 38.6. The number of rotatable bonds is 33. The number of ether oxygens (including phenoxy) is 8. The van der Waals surface area contributed by atoms with Crippen LogP contribution in [0.25, 0.3) is 0 Å². The van der Waals surface area contributed by atoms with Gasteiger partial charge in [-0.15, -0.1) is 0 Å². The highest BCUT2D eigenvalue weighted by Gasteiger charge is 2.29. The van der Waals surface area contributed by atoms with Gasteiger partial charge >= 0.3 is 47.8 Å². The highest BCUT2D eigenvalue weighted by atomic mass is 32.2. The summed E-state index contributed by atoms with van der Waals surface area (Å²) in [6.07, 6.45) is -0.454. The van der Waals surface area contributed by atoms with Gasteiger partial charge in [-0.2, -0.15) is 23.5 Å². The van der Waals surface area contributed by atoms with E-state index in [0.717, 1.165) is 6.42 Å². The van der Waals surface area contributed by atoms with Crippen molar-refractivity contribution in [2.75, 3.05) is 83.5 Å². The first kappa shape index (κ1) is 75.8. The molecule has 23 heteroatoms. The Morgan fingerprint density at radius 1 is 0.438 bits per heavy atom. The number of hydrogen-bond donors (Lipinski definition) is 5. The molecular weight excluding hydrogens is 1000 g/mol. The fourth-order valence-electron chi connectivity index (χ4n) is 4.28. The van der Waals surface area contributed by atoms with Crippen molar-refractivity contribution in [1.29, 1.82) is 0 Å². The lowest BCUT2D eigenvalue weighted by molar-refractivity contribution is -0.156. The fourth-order valence-corrected chi connectivity index (χ4v) is 6.45. The average molecular weight is 1090 g/mol. The topological polar surface area (TPSA) is 312 Å². The largest absolute Gasteiger partial charge is 0.469 e. The highest BCUT2D eigenvalue weighted by molar-refractivity contribution is 7.99. The van der Waals surface area contributed by atoms with Crippen LogP contribution < -0.4 is 0 Å². The second-order valence-corrected chi connectivity index (χ2v) is 20.7. The molecule has 430 valence electrons. The molecule has 21 nitrogen and oxygen atoms in total. The first-order valence-corrected chi connectivity index (χ1v) is 26.9. The maximum absolute atomic E-state index is 11.6. The molecule has 8 atom stereocenters. The number of thioether (sulfide) groups is 2. The molecule has 0 aromatic heterocycles. The minimum Gasteiger partial charge on any atom is -0.469 e. The summed E-state index contributed by atoms with van der Waals surface area (Å²) in [5.74, 6) is -1.39. The summed E-state index contributed by atoms with van der Waals surface area (Å²) in [5, 5.41) is 45.3. The number of aliphatic hydroxyl groups excluding tert-OH is 5. The number of hydrogen-bond acceptors (Lipinski definition) is 23. The molecule has 0 fully saturated rings. The van der Waals surface area contributed by atoms with E-state index >= 15 is 0 Å². The van der Waals surface area contributed by atoms with E-state index in [2.05, 4.69) is 0 Å². The molecule has 0 amide bonds. The van der Waals surface area contributed by atoms with E-state index in [4.69, 9.17) is 53.2 Å². The van der Waals surface area contributed by atoms with Crippen LogP contribution in [0.2, 0.25) is 0 Å². The molecule has 0 aliphatic carbocycles. The van der Waals surface area contributed by atoms with Crippen LogP contribution in [0.15, 0.2) is 0 Å². The molecule has 0 aromatic carbocycles. The normalized spacial score (nSPS) is 14.2. The molecule has 0 saturated heterocycles. The van der Waals surface area contributed by atoms with Crippen molar-refractivity contribution in [3.8, 4) is 0 Å². The van der Waals surface area contributed by atoms with E-state index < -0.39 is 47.2 Å². The molecule has 0 aromatic rings. The Labute approximate surface area is 442 Å². The summed E-state index contributed by atoms with van der Waals surface area (Å²) in [6, 6.07) is 0. The van der Waals surface area contributed by atoms with Crippen molar-refractivity contribution >= 4 is 71.3 Å². The van der Waals surface area contributed by atoms with E-state index in [1.54, 1.807) is 55.4 Å². The van der Waals surface area contributed by atoms with Crippen LogP contribution in [0.4, 0.5) is 0 Å². The van der Waals surface area contributed by atoms with Crippen molar-refractivity contribution in [2.45, 2.75) is 153 Å². The summed E-state index contributed by atoms with van der Waals surface area (Å²) in [6.45, 7) is 22.1. The first-order valence-electron chi connectivity index (χ1n) is 24.6. The van der Waals surface area contributed by atoms with Gasteiger partial charge < -0.3 is 63.4 Å². The van der Waals surface area contributed by atoms with Crippen molar-refractivity contribution in [1.82, 2.24) is 0 Å². The summed E-state index contributed by atoms with van der Waals surface area (Å²) in [5.41, 5.74) is -1.22. The highest BCUT2D eigenvalue weighted by Crippen LogP contribution is 2.25. The maximum atomic E-state index is 11.6. The van der Waals surface area contributed by atoms with Gasteiger partial charge in [-0.3, -0.25) is 38.4 Å². The van der Waals surface area contributed by atoms with Gasteiger partial charge in [0.25, 0.3) is 0 Å². The molecular formula is C50H92O21S2. The van der Waals surface area contributed by atoms with Gasteiger partial charge in [-0.1, -0.05) is 55.4 Å². The Hall–Kier alpha value is -3.74. The Kier molecular flexibility index (Phi) is 46.2. The molecule has 0 bridgehead atoms. The molecule has 8 unspecified atom stereocenters.